The zero-order chi connectivity index (χ0) is 13.1. The van der Waals surface area contributed by atoms with Crippen LogP contribution in [0.15, 0.2) is 6.20 Å². The molecule has 0 aliphatic rings. The van der Waals surface area contributed by atoms with Crippen molar-refractivity contribution in [1.82, 2.24) is 14.7 Å². The van der Waals surface area contributed by atoms with Gasteiger partial charge in [0.15, 0.2) is 0 Å². The van der Waals surface area contributed by atoms with Crippen LogP contribution in [0.25, 0.3) is 0 Å². The normalized spacial score (nSPS) is 12.4. The van der Waals surface area contributed by atoms with Crippen molar-refractivity contribution in [3.05, 3.63) is 17.5 Å². The minimum atomic E-state index is -0.454. The van der Waals surface area contributed by atoms with Crippen molar-refractivity contribution in [2.45, 2.75) is 20.4 Å². The van der Waals surface area contributed by atoms with Gasteiger partial charge in [0.25, 0.3) is 0 Å². The van der Waals surface area contributed by atoms with Crippen molar-refractivity contribution in [1.29, 1.82) is 0 Å². The summed E-state index contributed by atoms with van der Waals surface area (Å²) >= 11 is 0. The summed E-state index contributed by atoms with van der Waals surface area (Å²) in [6.07, 6.45) is 2.00. The molecule has 0 bridgehead atoms. The highest BCUT2D eigenvalue weighted by atomic mass is 16.3. The minimum Gasteiger partial charge on any atom is -0.396 e. The van der Waals surface area contributed by atoms with E-state index in [4.69, 9.17) is 0 Å². The van der Waals surface area contributed by atoms with Gasteiger partial charge in [0, 0.05) is 37.3 Å². The largest absolute Gasteiger partial charge is 0.396 e. The van der Waals surface area contributed by atoms with E-state index in [1.54, 1.807) is 4.68 Å². The first-order chi connectivity index (χ1) is 7.90. The zero-order valence-electron chi connectivity index (χ0n) is 11.1. The maximum Gasteiger partial charge on any atom is 0.0638 e. The third-order valence-corrected chi connectivity index (χ3v) is 2.97. The maximum atomic E-state index is 9.26. The van der Waals surface area contributed by atoms with Gasteiger partial charge in [0.1, 0.15) is 0 Å². The van der Waals surface area contributed by atoms with Crippen molar-refractivity contribution in [3.8, 4) is 0 Å². The lowest BCUT2D eigenvalue weighted by Gasteiger charge is -2.30. The number of hydrogen-bond acceptors (Lipinski definition) is 4. The van der Waals surface area contributed by atoms with Crippen LogP contribution in [-0.2, 0) is 13.6 Å². The van der Waals surface area contributed by atoms with Gasteiger partial charge in [-0.15, -0.1) is 0 Å². The molecule has 2 N–H and O–H groups in total. The van der Waals surface area contributed by atoms with Gasteiger partial charge in [-0.3, -0.25) is 4.68 Å². The van der Waals surface area contributed by atoms with Gasteiger partial charge in [-0.2, -0.15) is 5.10 Å². The predicted molar refractivity (Wildman–Crippen MR) is 66.6 cm³/mol. The summed E-state index contributed by atoms with van der Waals surface area (Å²) in [5, 5.41) is 22.8. The number of hydrogen-bond donors (Lipinski definition) is 2. The highest BCUT2D eigenvalue weighted by molar-refractivity contribution is 5.14. The standard InChI is InChI=1S/C12H23N3O2/c1-10-11(6-15(4)13-10)5-14(3)7-12(2,8-16)9-17/h6,16-17H,5,7-9H2,1-4H3. The topological polar surface area (TPSA) is 61.5 Å². The molecule has 0 unspecified atom stereocenters. The summed E-state index contributed by atoms with van der Waals surface area (Å²) in [7, 11) is 3.89. The summed E-state index contributed by atoms with van der Waals surface area (Å²) < 4.78 is 1.80. The van der Waals surface area contributed by atoms with Crippen LogP contribution in [0.1, 0.15) is 18.2 Å². The van der Waals surface area contributed by atoms with Gasteiger partial charge in [-0.25, -0.2) is 0 Å². The SMILES string of the molecule is Cc1nn(C)cc1CN(C)CC(C)(CO)CO. The van der Waals surface area contributed by atoms with Crippen LogP contribution in [0, 0.1) is 12.3 Å². The lowest BCUT2D eigenvalue weighted by atomic mass is 9.92. The summed E-state index contributed by atoms with van der Waals surface area (Å²) in [5.41, 5.74) is 1.74. The Kier molecular flexibility index (Phi) is 4.68. The van der Waals surface area contributed by atoms with Crippen LogP contribution < -0.4 is 0 Å². The Hall–Kier alpha value is -0.910. The summed E-state index contributed by atoms with van der Waals surface area (Å²) in [4.78, 5) is 2.09. The number of rotatable bonds is 6. The number of aryl methyl sites for hydroxylation is 2. The predicted octanol–water partition coefficient (Wildman–Crippen LogP) is 0.151. The quantitative estimate of drug-likeness (QED) is 0.744. The average molecular weight is 241 g/mol. The van der Waals surface area contributed by atoms with Crippen LogP contribution >= 0.6 is 0 Å². The highest BCUT2D eigenvalue weighted by Crippen LogP contribution is 2.17. The molecule has 17 heavy (non-hydrogen) atoms. The van der Waals surface area contributed by atoms with E-state index < -0.39 is 5.41 Å². The third-order valence-electron chi connectivity index (χ3n) is 2.97. The molecule has 5 heteroatoms. The molecule has 1 heterocycles. The Bertz CT molecular complexity index is 359. The lowest BCUT2D eigenvalue weighted by molar-refractivity contribution is 0.0401. The Labute approximate surface area is 103 Å². The molecule has 0 fully saturated rings. The van der Waals surface area contributed by atoms with Gasteiger partial charge in [0.05, 0.1) is 18.9 Å². The number of aliphatic hydroxyl groups excluding tert-OH is 2. The van der Waals surface area contributed by atoms with Gasteiger partial charge < -0.3 is 15.1 Å². The molecule has 0 aromatic carbocycles. The van der Waals surface area contributed by atoms with Crippen LogP contribution in [0.2, 0.25) is 0 Å². The molecule has 0 atom stereocenters. The van der Waals surface area contributed by atoms with Crippen LogP contribution in [0.5, 0.6) is 0 Å². The Morgan fingerprint density at radius 3 is 2.41 bits per heavy atom. The molecule has 5 nitrogen and oxygen atoms in total. The molecule has 0 aliphatic heterocycles. The molecular formula is C12H23N3O2. The average Bonchev–Trinajstić information content (AvgIpc) is 2.57. The fraction of sp³-hybridized carbons (Fsp3) is 0.750. The Morgan fingerprint density at radius 1 is 1.41 bits per heavy atom. The molecule has 0 radical (unpaired) electrons. The second-order valence-electron chi connectivity index (χ2n) is 5.21. The van der Waals surface area contributed by atoms with E-state index in [1.807, 2.05) is 34.1 Å². The van der Waals surface area contributed by atoms with Crippen LogP contribution in [0.4, 0.5) is 0 Å². The monoisotopic (exact) mass is 241 g/mol. The molecule has 0 spiro atoms. The van der Waals surface area contributed by atoms with Crippen molar-refractivity contribution < 1.29 is 10.2 Å². The second-order valence-corrected chi connectivity index (χ2v) is 5.21. The van der Waals surface area contributed by atoms with E-state index in [0.29, 0.717) is 6.54 Å². The molecule has 0 saturated carbocycles. The van der Waals surface area contributed by atoms with Gasteiger partial charge >= 0.3 is 0 Å². The van der Waals surface area contributed by atoms with Crippen LogP contribution in [0.3, 0.4) is 0 Å². The molecule has 98 valence electrons. The molecule has 1 rings (SSSR count). The van der Waals surface area contributed by atoms with Crippen molar-refractivity contribution in [2.75, 3.05) is 26.8 Å². The molecule has 1 aromatic rings. The summed E-state index contributed by atoms with van der Waals surface area (Å²) in [6, 6.07) is 0. The smallest absolute Gasteiger partial charge is 0.0638 e. The van der Waals surface area contributed by atoms with E-state index in [2.05, 4.69) is 10.00 Å². The van der Waals surface area contributed by atoms with Crippen molar-refractivity contribution >= 4 is 0 Å². The highest BCUT2D eigenvalue weighted by Gasteiger charge is 2.24. The summed E-state index contributed by atoms with van der Waals surface area (Å²) in [5.74, 6) is 0. The number of nitrogens with zero attached hydrogens (tertiary/aromatic N) is 3. The zero-order valence-corrected chi connectivity index (χ0v) is 11.1. The molecule has 0 aliphatic carbocycles. The van der Waals surface area contributed by atoms with Gasteiger partial charge in [-0.05, 0) is 14.0 Å². The van der Waals surface area contributed by atoms with Crippen molar-refractivity contribution in [3.63, 3.8) is 0 Å². The lowest BCUT2D eigenvalue weighted by Crippen LogP contribution is -2.38. The number of aliphatic hydroxyl groups is 2. The molecule has 0 amide bonds. The van der Waals surface area contributed by atoms with E-state index in [1.165, 1.54) is 5.56 Å². The Morgan fingerprint density at radius 2 is 2.00 bits per heavy atom. The van der Waals surface area contributed by atoms with E-state index in [9.17, 15) is 10.2 Å². The third kappa shape index (κ3) is 3.80. The molecule has 1 aromatic heterocycles. The molecule has 0 saturated heterocycles. The van der Waals surface area contributed by atoms with Gasteiger partial charge in [-0.1, -0.05) is 6.92 Å². The van der Waals surface area contributed by atoms with E-state index >= 15 is 0 Å². The first-order valence-corrected chi connectivity index (χ1v) is 5.79. The van der Waals surface area contributed by atoms with Crippen LogP contribution in [-0.4, -0.2) is 51.7 Å². The van der Waals surface area contributed by atoms with Gasteiger partial charge in [0.2, 0.25) is 0 Å². The fourth-order valence-corrected chi connectivity index (χ4v) is 1.95. The second kappa shape index (κ2) is 5.62. The van der Waals surface area contributed by atoms with E-state index in [0.717, 1.165) is 12.2 Å². The number of aromatic nitrogens is 2. The van der Waals surface area contributed by atoms with E-state index in [-0.39, 0.29) is 13.2 Å². The summed E-state index contributed by atoms with van der Waals surface area (Å²) in [6.45, 7) is 5.25. The molecular weight excluding hydrogens is 218 g/mol. The first kappa shape index (κ1) is 14.2. The first-order valence-electron chi connectivity index (χ1n) is 5.79. The minimum absolute atomic E-state index is 0.0140. The fourth-order valence-electron chi connectivity index (χ4n) is 1.95. The van der Waals surface area contributed by atoms with Crippen molar-refractivity contribution in [2.24, 2.45) is 12.5 Å². The Balaban J connectivity index is 2.61. The maximum absolute atomic E-state index is 9.26.